The van der Waals surface area contributed by atoms with Gasteiger partial charge in [-0.15, -0.1) is 0 Å². The van der Waals surface area contributed by atoms with Crippen molar-refractivity contribution in [3.05, 3.63) is 83.9 Å². The lowest BCUT2D eigenvalue weighted by Crippen LogP contribution is -2.19. The largest absolute Gasteiger partial charge is 0.354 e. The average Bonchev–Trinajstić information content (AvgIpc) is 3.02. The van der Waals surface area contributed by atoms with Crippen LogP contribution in [0.1, 0.15) is 17.2 Å². The van der Waals surface area contributed by atoms with E-state index in [9.17, 15) is 8.78 Å². The maximum absolute atomic E-state index is 14.1. The number of rotatable bonds is 4. The number of hydrogen-bond acceptors (Lipinski definition) is 3. The minimum Gasteiger partial charge on any atom is -0.354 e. The fourth-order valence-electron chi connectivity index (χ4n) is 2.90. The Balaban J connectivity index is 1.74. The van der Waals surface area contributed by atoms with Gasteiger partial charge in [0.15, 0.2) is 0 Å². The summed E-state index contributed by atoms with van der Waals surface area (Å²) < 4.78 is 34.9. The summed E-state index contributed by atoms with van der Waals surface area (Å²) in [5.41, 5.74) is 0.489. The molecule has 0 N–H and O–H groups in total. The molecule has 0 bridgehead atoms. The topological polar surface area (TPSA) is 43.2 Å². The van der Waals surface area contributed by atoms with E-state index in [0.29, 0.717) is 12.1 Å². The Kier molecular flexibility index (Phi) is 3.20. The van der Waals surface area contributed by atoms with Crippen molar-refractivity contribution in [2.45, 2.75) is 18.2 Å². The molecule has 1 aliphatic rings. The lowest BCUT2D eigenvalue weighted by molar-refractivity contribution is 0.262. The molecule has 4 rings (SSSR count). The second-order valence-corrected chi connectivity index (χ2v) is 5.51. The lowest BCUT2D eigenvalue weighted by Gasteiger charge is -2.14. The van der Waals surface area contributed by atoms with Gasteiger partial charge >= 0.3 is 0 Å². The zero-order chi connectivity index (χ0) is 15.9. The number of epoxide rings is 1. The van der Waals surface area contributed by atoms with Crippen LogP contribution in [0.3, 0.4) is 0 Å². The maximum Gasteiger partial charge on any atom is 0.144 e. The van der Waals surface area contributed by atoms with Crippen molar-refractivity contribution < 1.29 is 13.5 Å². The molecule has 6 heteroatoms. The Labute approximate surface area is 131 Å². The van der Waals surface area contributed by atoms with Crippen molar-refractivity contribution in [3.8, 4) is 0 Å². The number of benzene rings is 2. The highest BCUT2D eigenvalue weighted by molar-refractivity contribution is 5.36. The summed E-state index contributed by atoms with van der Waals surface area (Å²) in [6, 6.07) is 12.6. The molecule has 0 aliphatic carbocycles. The van der Waals surface area contributed by atoms with Crippen LogP contribution in [0.25, 0.3) is 0 Å². The quantitative estimate of drug-likeness (QED) is 0.695. The first kappa shape index (κ1) is 14.0. The van der Waals surface area contributed by atoms with E-state index in [1.807, 2.05) is 0 Å². The van der Waals surface area contributed by atoms with Crippen molar-refractivity contribution in [2.75, 3.05) is 0 Å². The number of halogens is 2. The second kappa shape index (κ2) is 5.24. The third-order valence-electron chi connectivity index (χ3n) is 4.08. The van der Waals surface area contributed by atoms with Gasteiger partial charge in [-0.2, -0.15) is 5.10 Å². The molecule has 1 fully saturated rings. The van der Waals surface area contributed by atoms with Crippen LogP contribution in [0.15, 0.2) is 61.2 Å². The lowest BCUT2D eigenvalue weighted by atomic mass is 9.91. The molecule has 23 heavy (non-hydrogen) atoms. The SMILES string of the molecule is Fc1ccc([C@]2(Cn3cncn3)O[C@@H]2c2ccccc2F)cc1. The van der Waals surface area contributed by atoms with Crippen LogP contribution in [0.4, 0.5) is 8.78 Å². The van der Waals surface area contributed by atoms with Crippen LogP contribution in [0.5, 0.6) is 0 Å². The van der Waals surface area contributed by atoms with Gasteiger partial charge in [0.2, 0.25) is 0 Å². The minimum atomic E-state index is -0.774. The summed E-state index contributed by atoms with van der Waals surface area (Å²) in [6.07, 6.45) is 2.56. The van der Waals surface area contributed by atoms with Crippen LogP contribution in [0.2, 0.25) is 0 Å². The van der Waals surface area contributed by atoms with Crippen LogP contribution in [-0.4, -0.2) is 14.8 Å². The fraction of sp³-hybridized carbons (Fsp3) is 0.176. The second-order valence-electron chi connectivity index (χ2n) is 5.51. The van der Waals surface area contributed by atoms with E-state index >= 15 is 0 Å². The molecular weight excluding hydrogens is 300 g/mol. The van der Waals surface area contributed by atoms with Gasteiger partial charge in [0.1, 0.15) is 36.0 Å². The van der Waals surface area contributed by atoms with Gasteiger partial charge in [-0.3, -0.25) is 0 Å². The van der Waals surface area contributed by atoms with E-state index < -0.39 is 11.7 Å². The van der Waals surface area contributed by atoms with Crippen molar-refractivity contribution in [1.82, 2.24) is 14.8 Å². The summed E-state index contributed by atoms with van der Waals surface area (Å²) in [7, 11) is 0. The van der Waals surface area contributed by atoms with Gasteiger partial charge < -0.3 is 4.74 Å². The number of aromatic nitrogens is 3. The summed E-state index contributed by atoms with van der Waals surface area (Å²) in [6.45, 7) is 0.373. The number of nitrogens with zero attached hydrogens (tertiary/aromatic N) is 3. The van der Waals surface area contributed by atoms with E-state index in [0.717, 1.165) is 5.56 Å². The highest BCUT2D eigenvalue weighted by Gasteiger charge is 2.59. The molecule has 3 aromatic rings. The van der Waals surface area contributed by atoms with Gasteiger partial charge in [-0.05, 0) is 23.8 Å². The summed E-state index contributed by atoms with van der Waals surface area (Å²) in [5.74, 6) is -0.646. The zero-order valence-corrected chi connectivity index (χ0v) is 12.1. The molecule has 0 radical (unpaired) electrons. The molecule has 2 atom stereocenters. The first-order valence-corrected chi connectivity index (χ1v) is 7.20. The van der Waals surface area contributed by atoms with Crippen LogP contribution >= 0.6 is 0 Å². The molecule has 2 heterocycles. The van der Waals surface area contributed by atoms with E-state index in [1.165, 1.54) is 24.5 Å². The van der Waals surface area contributed by atoms with Crippen LogP contribution < -0.4 is 0 Å². The van der Waals surface area contributed by atoms with Gasteiger partial charge in [0.25, 0.3) is 0 Å². The Hall–Kier alpha value is -2.60. The van der Waals surface area contributed by atoms with Crippen molar-refractivity contribution in [3.63, 3.8) is 0 Å². The Morgan fingerprint density at radius 2 is 1.87 bits per heavy atom. The first-order valence-electron chi connectivity index (χ1n) is 7.20. The summed E-state index contributed by atoms with van der Waals surface area (Å²) in [4.78, 5) is 3.92. The Morgan fingerprint density at radius 3 is 2.57 bits per heavy atom. The molecule has 0 spiro atoms. The maximum atomic E-state index is 14.1. The highest BCUT2D eigenvalue weighted by atomic mass is 19.1. The van der Waals surface area contributed by atoms with Gasteiger partial charge in [0.05, 0.1) is 6.54 Å². The molecular formula is C17H13F2N3O. The predicted molar refractivity (Wildman–Crippen MR) is 78.3 cm³/mol. The van der Waals surface area contributed by atoms with E-state index in [1.54, 1.807) is 41.3 Å². The molecule has 0 saturated carbocycles. The molecule has 1 aliphatic heterocycles. The van der Waals surface area contributed by atoms with Gasteiger partial charge in [-0.1, -0.05) is 30.3 Å². The third kappa shape index (κ3) is 2.41. The third-order valence-corrected chi connectivity index (χ3v) is 4.08. The summed E-state index contributed by atoms with van der Waals surface area (Å²) in [5, 5.41) is 4.09. The number of hydrogen-bond donors (Lipinski definition) is 0. The molecule has 116 valence electrons. The molecule has 1 saturated heterocycles. The predicted octanol–water partition coefficient (Wildman–Crippen LogP) is 3.22. The monoisotopic (exact) mass is 313 g/mol. The minimum absolute atomic E-state index is 0.319. The Bertz CT molecular complexity index is 820. The smallest absolute Gasteiger partial charge is 0.144 e. The van der Waals surface area contributed by atoms with Crippen LogP contribution in [0, 0.1) is 11.6 Å². The van der Waals surface area contributed by atoms with E-state index in [2.05, 4.69) is 10.1 Å². The molecule has 1 aromatic heterocycles. The van der Waals surface area contributed by atoms with Gasteiger partial charge in [-0.25, -0.2) is 18.4 Å². The van der Waals surface area contributed by atoms with Crippen molar-refractivity contribution >= 4 is 0 Å². The van der Waals surface area contributed by atoms with Gasteiger partial charge in [0, 0.05) is 5.56 Å². The Morgan fingerprint density at radius 1 is 1.09 bits per heavy atom. The van der Waals surface area contributed by atoms with Crippen molar-refractivity contribution in [2.24, 2.45) is 0 Å². The summed E-state index contributed by atoms with van der Waals surface area (Å²) >= 11 is 0. The van der Waals surface area contributed by atoms with Crippen molar-refractivity contribution in [1.29, 1.82) is 0 Å². The molecule has 0 amide bonds. The standard InChI is InChI=1S/C17H13F2N3O/c18-13-7-5-12(6-8-13)17(9-22-11-20-10-21-22)16(23-17)14-3-1-2-4-15(14)19/h1-8,10-11,16H,9H2/t16-,17+/m1/s1. The van der Waals surface area contributed by atoms with E-state index in [-0.39, 0.29) is 11.6 Å². The van der Waals surface area contributed by atoms with E-state index in [4.69, 9.17) is 4.74 Å². The first-order chi connectivity index (χ1) is 11.2. The average molecular weight is 313 g/mol. The van der Waals surface area contributed by atoms with Crippen LogP contribution in [-0.2, 0) is 16.9 Å². The molecule has 0 unspecified atom stereocenters. The molecule has 4 nitrogen and oxygen atoms in total. The number of ether oxygens (including phenoxy) is 1. The normalized spacial score (nSPS) is 23.0. The highest BCUT2D eigenvalue weighted by Crippen LogP contribution is 2.58. The molecule has 2 aromatic carbocycles. The fourth-order valence-corrected chi connectivity index (χ4v) is 2.90. The zero-order valence-electron chi connectivity index (χ0n) is 12.1.